The highest BCUT2D eigenvalue weighted by atomic mass is 35.5. The van der Waals surface area contributed by atoms with Crippen LogP contribution < -0.4 is 4.74 Å². The molecular weight excluding hydrogens is 356 g/mol. The van der Waals surface area contributed by atoms with Crippen LogP contribution in [0.4, 0.5) is 0 Å². The Kier molecular flexibility index (Phi) is 6.49. The smallest absolute Gasteiger partial charge is 0.342 e. The lowest BCUT2D eigenvalue weighted by Gasteiger charge is -2.39. The van der Waals surface area contributed by atoms with Crippen LogP contribution in [0.2, 0.25) is 5.02 Å². The molecule has 1 aromatic rings. The number of halogens is 1. The third kappa shape index (κ3) is 4.10. The molecule has 140 valence electrons. The van der Waals surface area contributed by atoms with Crippen molar-refractivity contribution in [1.29, 1.82) is 5.26 Å². The minimum absolute atomic E-state index is 0.148. The van der Waals surface area contributed by atoms with E-state index in [1.165, 1.54) is 25.0 Å². The van der Waals surface area contributed by atoms with Gasteiger partial charge in [-0.2, -0.15) is 5.26 Å². The van der Waals surface area contributed by atoms with E-state index in [0.29, 0.717) is 23.6 Å². The third-order valence-corrected chi connectivity index (χ3v) is 5.11. The molecule has 1 aliphatic rings. The number of methoxy groups -OCH3 is 1. The lowest BCUT2D eigenvalue weighted by atomic mass is 9.81. The Morgan fingerprint density at radius 2 is 1.96 bits per heavy atom. The molecule has 1 saturated carbocycles. The summed E-state index contributed by atoms with van der Waals surface area (Å²) in [7, 11) is 3.03. The zero-order valence-electron chi connectivity index (χ0n) is 15.3. The molecule has 0 aromatic heterocycles. The lowest BCUT2D eigenvalue weighted by Crippen LogP contribution is -2.53. The van der Waals surface area contributed by atoms with Gasteiger partial charge in [-0.25, -0.2) is 4.79 Å². The van der Waals surface area contributed by atoms with Gasteiger partial charge in [-0.15, -0.1) is 0 Å². The Balaban J connectivity index is 2.12. The number of amides is 1. The van der Waals surface area contributed by atoms with Gasteiger partial charge in [-0.05, 0) is 38.0 Å². The van der Waals surface area contributed by atoms with E-state index in [-0.39, 0.29) is 5.56 Å². The van der Waals surface area contributed by atoms with Crippen LogP contribution in [-0.2, 0) is 9.53 Å². The van der Waals surface area contributed by atoms with Gasteiger partial charge in [0.05, 0.1) is 13.2 Å². The third-order valence-electron chi connectivity index (χ3n) is 4.87. The van der Waals surface area contributed by atoms with Crippen LogP contribution in [0.1, 0.15) is 49.4 Å². The van der Waals surface area contributed by atoms with Gasteiger partial charge in [0, 0.05) is 12.1 Å². The summed E-state index contributed by atoms with van der Waals surface area (Å²) in [5, 5.41) is 9.98. The summed E-state index contributed by atoms with van der Waals surface area (Å²) < 4.78 is 10.5. The molecule has 26 heavy (non-hydrogen) atoms. The van der Waals surface area contributed by atoms with Crippen LogP contribution >= 0.6 is 11.6 Å². The number of carbonyl (C=O) groups is 2. The highest BCUT2D eigenvalue weighted by Gasteiger charge is 2.40. The predicted molar refractivity (Wildman–Crippen MR) is 97.1 cm³/mol. The molecule has 0 radical (unpaired) electrons. The van der Waals surface area contributed by atoms with E-state index >= 15 is 0 Å². The quantitative estimate of drug-likeness (QED) is 0.731. The summed E-state index contributed by atoms with van der Waals surface area (Å²) in [4.78, 5) is 26.6. The van der Waals surface area contributed by atoms with Gasteiger partial charge in [0.15, 0.2) is 6.10 Å². The summed E-state index contributed by atoms with van der Waals surface area (Å²) in [6.07, 6.45) is 3.11. The molecule has 0 spiro atoms. The minimum atomic E-state index is -1.02. The van der Waals surface area contributed by atoms with Crippen LogP contribution in [0.25, 0.3) is 0 Å². The number of hydrogen-bond acceptors (Lipinski definition) is 5. The molecule has 1 atom stereocenters. The zero-order valence-corrected chi connectivity index (χ0v) is 16.0. The van der Waals surface area contributed by atoms with E-state index in [0.717, 1.165) is 19.3 Å². The first-order chi connectivity index (χ1) is 12.3. The van der Waals surface area contributed by atoms with E-state index in [2.05, 4.69) is 6.07 Å². The molecule has 1 fully saturated rings. The number of rotatable bonds is 5. The second kappa shape index (κ2) is 8.41. The molecule has 0 N–H and O–H groups in total. The summed E-state index contributed by atoms with van der Waals surface area (Å²) in [6.45, 7) is 1.50. The summed E-state index contributed by atoms with van der Waals surface area (Å²) in [5.41, 5.74) is -0.682. The van der Waals surface area contributed by atoms with E-state index in [1.54, 1.807) is 19.2 Å². The average Bonchev–Trinajstić information content (AvgIpc) is 2.67. The second-order valence-corrected chi connectivity index (χ2v) is 6.93. The monoisotopic (exact) mass is 378 g/mol. The fraction of sp³-hybridized carbons (Fsp3) is 0.526. The maximum atomic E-state index is 12.7. The molecule has 6 nitrogen and oxygen atoms in total. The molecule has 1 aliphatic carbocycles. The van der Waals surface area contributed by atoms with Gasteiger partial charge < -0.3 is 14.4 Å². The lowest BCUT2D eigenvalue weighted by molar-refractivity contribution is -0.143. The van der Waals surface area contributed by atoms with Crippen molar-refractivity contribution in [3.63, 3.8) is 0 Å². The molecule has 0 bridgehead atoms. The first-order valence-corrected chi connectivity index (χ1v) is 8.96. The van der Waals surface area contributed by atoms with Gasteiger partial charge in [-0.1, -0.05) is 30.9 Å². The number of hydrogen-bond donors (Lipinski definition) is 0. The van der Waals surface area contributed by atoms with Crippen molar-refractivity contribution in [2.24, 2.45) is 0 Å². The maximum Gasteiger partial charge on any atom is 0.342 e. The van der Waals surface area contributed by atoms with E-state index in [9.17, 15) is 14.9 Å². The highest BCUT2D eigenvalue weighted by molar-refractivity contribution is 6.31. The molecule has 0 aliphatic heterocycles. The number of nitrogens with zero attached hydrogens (tertiary/aromatic N) is 2. The molecule has 0 unspecified atom stereocenters. The maximum absolute atomic E-state index is 12.7. The predicted octanol–water partition coefficient (Wildman–Crippen LogP) is 3.58. The van der Waals surface area contributed by atoms with Gasteiger partial charge in [0.2, 0.25) is 0 Å². The van der Waals surface area contributed by atoms with Crippen LogP contribution in [0.15, 0.2) is 18.2 Å². The van der Waals surface area contributed by atoms with Crippen molar-refractivity contribution in [3.05, 3.63) is 28.8 Å². The Morgan fingerprint density at radius 3 is 2.54 bits per heavy atom. The van der Waals surface area contributed by atoms with Crippen molar-refractivity contribution in [3.8, 4) is 11.8 Å². The molecule has 0 heterocycles. The Hall–Kier alpha value is -2.26. The number of carbonyl (C=O) groups excluding carboxylic acids is 2. The van der Waals surface area contributed by atoms with Crippen LogP contribution in [0.3, 0.4) is 0 Å². The number of nitriles is 1. The van der Waals surface area contributed by atoms with Crippen molar-refractivity contribution >= 4 is 23.5 Å². The Bertz CT molecular complexity index is 723. The summed E-state index contributed by atoms with van der Waals surface area (Å²) in [6, 6.07) is 6.88. The van der Waals surface area contributed by atoms with Gasteiger partial charge in [-0.3, -0.25) is 4.79 Å². The highest BCUT2D eigenvalue weighted by Crippen LogP contribution is 2.33. The van der Waals surface area contributed by atoms with Crippen LogP contribution in [0.5, 0.6) is 5.75 Å². The summed E-state index contributed by atoms with van der Waals surface area (Å²) in [5.74, 6) is -0.788. The number of benzene rings is 1. The summed E-state index contributed by atoms with van der Waals surface area (Å²) >= 11 is 5.93. The SMILES string of the molecule is COc1ccc(Cl)cc1C(=O)O[C@H](C)C(=O)N(C)C1(C#N)CCCCC1. The largest absolute Gasteiger partial charge is 0.496 e. The topological polar surface area (TPSA) is 79.6 Å². The average molecular weight is 379 g/mol. The van der Waals surface area contributed by atoms with Crippen molar-refractivity contribution < 1.29 is 19.1 Å². The van der Waals surface area contributed by atoms with E-state index in [4.69, 9.17) is 21.1 Å². The Morgan fingerprint density at radius 1 is 1.31 bits per heavy atom. The first-order valence-electron chi connectivity index (χ1n) is 8.58. The zero-order chi connectivity index (χ0) is 19.3. The molecular formula is C19H23ClN2O4. The fourth-order valence-corrected chi connectivity index (χ4v) is 3.43. The molecule has 1 amide bonds. The standard InChI is InChI=1S/C19H23ClN2O4/c1-13(17(23)22(2)19(12-21)9-5-4-6-10-19)26-18(24)15-11-14(20)7-8-16(15)25-3/h7-8,11,13H,4-6,9-10H2,1-3H3/t13-/m1/s1. The fourth-order valence-electron chi connectivity index (χ4n) is 3.26. The van der Waals surface area contributed by atoms with Gasteiger partial charge in [0.1, 0.15) is 16.9 Å². The molecule has 0 saturated heterocycles. The number of likely N-dealkylation sites (N-methyl/N-ethyl adjacent to an activating group) is 1. The van der Waals surface area contributed by atoms with Crippen LogP contribution in [0, 0.1) is 11.3 Å². The number of ether oxygens (including phenoxy) is 2. The minimum Gasteiger partial charge on any atom is -0.496 e. The second-order valence-electron chi connectivity index (χ2n) is 6.49. The molecule has 1 aromatic carbocycles. The van der Waals surface area contributed by atoms with Gasteiger partial charge >= 0.3 is 5.97 Å². The molecule has 2 rings (SSSR count). The first kappa shape index (κ1) is 20.1. The normalized spacial score (nSPS) is 16.9. The van der Waals surface area contributed by atoms with Crippen molar-refractivity contribution in [1.82, 2.24) is 4.90 Å². The van der Waals surface area contributed by atoms with Crippen molar-refractivity contribution in [2.45, 2.75) is 50.7 Å². The number of esters is 1. The van der Waals surface area contributed by atoms with E-state index in [1.807, 2.05) is 0 Å². The van der Waals surface area contributed by atoms with Crippen molar-refractivity contribution in [2.75, 3.05) is 14.2 Å². The molecule has 7 heteroatoms. The Labute approximate surface area is 158 Å². The van der Waals surface area contributed by atoms with Crippen LogP contribution in [-0.4, -0.2) is 42.6 Å². The van der Waals surface area contributed by atoms with E-state index < -0.39 is 23.5 Å². The van der Waals surface area contributed by atoms with Gasteiger partial charge in [0.25, 0.3) is 5.91 Å².